The lowest BCUT2D eigenvalue weighted by molar-refractivity contribution is 0.714. The van der Waals surface area contributed by atoms with Crippen LogP contribution in [-0.2, 0) is 10.8 Å². The van der Waals surface area contributed by atoms with E-state index in [1.165, 1.54) is 104 Å². The van der Waals surface area contributed by atoms with Gasteiger partial charge in [0, 0.05) is 48.8 Å². The maximum absolute atomic E-state index is 5.54. The molecule has 4 aromatic heterocycles. The second-order valence-corrected chi connectivity index (χ2v) is 20.6. The van der Waals surface area contributed by atoms with Crippen molar-refractivity contribution in [3.8, 4) is 45.0 Å². The third-order valence-electron chi connectivity index (χ3n) is 16.5. The smallest absolute Gasteiger partial charge is 0.0939 e. The van der Waals surface area contributed by atoms with Gasteiger partial charge in [-0.05, 0) is 128 Å². The molecule has 0 fully saturated rings. The Balaban J connectivity index is 0.963. The highest BCUT2D eigenvalue weighted by Gasteiger charge is 2.56. The highest BCUT2D eigenvalue weighted by Crippen LogP contribution is 2.67. The van der Waals surface area contributed by atoms with Crippen LogP contribution in [0.25, 0.3) is 88.6 Å². The number of aromatic nitrogens is 4. The summed E-state index contributed by atoms with van der Waals surface area (Å²) in [5, 5.41) is 4.86. The fourth-order valence-corrected chi connectivity index (χ4v) is 15.1. The summed E-state index contributed by atoms with van der Waals surface area (Å²) in [6, 6.07) is 81.7. The van der Waals surface area contributed by atoms with Gasteiger partial charge in [0.15, 0.2) is 0 Å². The van der Waals surface area contributed by atoms with E-state index >= 15 is 0 Å². The summed E-state index contributed by atoms with van der Waals surface area (Å²) in [6.07, 6.45) is 4.02. The van der Waals surface area contributed by atoms with E-state index in [-0.39, 0.29) is 0 Å². The van der Waals surface area contributed by atoms with Gasteiger partial charge in [-0.15, -0.1) is 0 Å². The molecular formula is C66H38N4S. The topological polar surface area (TPSA) is 35.6 Å². The second kappa shape index (κ2) is 13.5. The molecular weight excluding hydrogens is 881 g/mol. The quantitative estimate of drug-likeness (QED) is 0.173. The Hall–Kier alpha value is -8.77. The van der Waals surface area contributed by atoms with Crippen LogP contribution in [0.15, 0.2) is 241 Å². The van der Waals surface area contributed by atoms with Crippen LogP contribution >= 0.6 is 11.8 Å². The fourth-order valence-electron chi connectivity index (χ4n) is 13.9. The molecule has 1 aliphatic heterocycles. The molecule has 71 heavy (non-hydrogen) atoms. The molecule has 0 radical (unpaired) electrons. The van der Waals surface area contributed by atoms with Crippen LogP contribution in [-0.4, -0.2) is 19.1 Å². The number of para-hydroxylation sites is 3. The summed E-state index contributed by atoms with van der Waals surface area (Å²) in [6.45, 7) is 0. The number of nitrogens with zero attached hydrogens (tertiary/aromatic N) is 4. The molecule has 0 saturated carbocycles. The van der Waals surface area contributed by atoms with Gasteiger partial charge in [0.1, 0.15) is 0 Å². The highest BCUT2D eigenvalue weighted by molar-refractivity contribution is 7.99. The molecule has 0 unspecified atom stereocenters. The van der Waals surface area contributed by atoms with E-state index in [1.807, 2.05) is 18.0 Å². The molecule has 328 valence electrons. The van der Waals surface area contributed by atoms with E-state index in [0.717, 1.165) is 39.4 Å². The van der Waals surface area contributed by atoms with Crippen LogP contribution < -0.4 is 0 Å². The first-order valence-corrected chi connectivity index (χ1v) is 25.3. The third kappa shape index (κ3) is 4.55. The van der Waals surface area contributed by atoms with Crippen LogP contribution in [0, 0.1) is 0 Å². The lowest BCUT2D eigenvalue weighted by atomic mass is 9.66. The van der Waals surface area contributed by atoms with Crippen molar-refractivity contribution < 1.29 is 0 Å². The van der Waals surface area contributed by atoms with Crippen LogP contribution in [0.3, 0.4) is 0 Å². The predicted octanol–water partition coefficient (Wildman–Crippen LogP) is 15.8. The van der Waals surface area contributed by atoms with Gasteiger partial charge in [-0.1, -0.05) is 163 Å². The first-order chi connectivity index (χ1) is 35.2. The van der Waals surface area contributed by atoms with Gasteiger partial charge in [-0.2, -0.15) is 0 Å². The van der Waals surface area contributed by atoms with Gasteiger partial charge >= 0.3 is 0 Å². The Morgan fingerprint density at radius 2 is 0.831 bits per heavy atom. The van der Waals surface area contributed by atoms with Gasteiger partial charge < -0.3 is 9.13 Å². The number of hydrogen-bond acceptors (Lipinski definition) is 3. The first kappa shape index (κ1) is 38.1. The van der Waals surface area contributed by atoms with Gasteiger partial charge in [0.2, 0.25) is 0 Å². The summed E-state index contributed by atoms with van der Waals surface area (Å²) in [7, 11) is 0. The molecule has 1 atom stereocenters. The minimum atomic E-state index is -0.709. The van der Waals surface area contributed by atoms with E-state index in [2.05, 4.69) is 234 Å². The number of rotatable bonds is 2. The maximum atomic E-state index is 5.54. The van der Waals surface area contributed by atoms with Crippen LogP contribution in [0.1, 0.15) is 44.5 Å². The second-order valence-electron chi connectivity index (χ2n) is 19.5. The van der Waals surface area contributed by atoms with Gasteiger partial charge in [0.05, 0.1) is 56.2 Å². The molecule has 4 nitrogen and oxygen atoms in total. The molecule has 13 aromatic rings. The summed E-state index contributed by atoms with van der Waals surface area (Å²) >= 11 is 1.90. The molecule has 17 rings (SSSR count). The molecule has 9 aromatic carbocycles. The molecule has 3 aliphatic carbocycles. The molecule has 0 amide bonds. The van der Waals surface area contributed by atoms with Crippen molar-refractivity contribution in [2.75, 3.05) is 0 Å². The van der Waals surface area contributed by atoms with Crippen molar-refractivity contribution in [3.63, 3.8) is 0 Å². The van der Waals surface area contributed by atoms with E-state index in [4.69, 9.17) is 9.97 Å². The Bertz CT molecular complexity index is 4480. The van der Waals surface area contributed by atoms with Gasteiger partial charge in [-0.25, -0.2) is 0 Å². The maximum Gasteiger partial charge on any atom is 0.0939 e. The van der Waals surface area contributed by atoms with Crippen molar-refractivity contribution in [1.29, 1.82) is 0 Å². The Labute approximate surface area is 413 Å². The summed E-state index contributed by atoms with van der Waals surface area (Å²) in [5.41, 5.74) is 23.0. The van der Waals surface area contributed by atoms with Crippen molar-refractivity contribution in [1.82, 2.24) is 19.1 Å². The fraction of sp³-hybridized carbons (Fsp3) is 0.0303. The van der Waals surface area contributed by atoms with E-state index < -0.39 is 10.8 Å². The monoisotopic (exact) mass is 918 g/mol. The number of benzene rings is 9. The zero-order valence-corrected chi connectivity index (χ0v) is 39.0. The largest absolute Gasteiger partial charge is 0.309 e. The molecule has 5 heterocycles. The zero-order chi connectivity index (χ0) is 46.2. The van der Waals surface area contributed by atoms with Crippen molar-refractivity contribution in [3.05, 3.63) is 275 Å². The zero-order valence-electron chi connectivity index (χ0n) is 38.1. The molecule has 0 saturated heterocycles. The minimum Gasteiger partial charge on any atom is -0.309 e. The normalized spacial score (nSPS) is 16.0. The standard InChI is InChI=1S/C66H38N4S/c1-2-17-39(18-3-1)69-57-29-13-7-22-44(57)47-36-60-48(35-59(47)69)45-23-8-14-30-58(45)70(60)40-33-56-64(68-38-40)63-53(28-16-32-67-63)66(56)52-27-12-15-31-61(52)71-62-37-54-46(34-55(62)66)43-21-6-11-26-51(43)65(54)49-24-9-4-19-41(49)42-20-5-10-25-50(42)65/h1-38H/t66-/m0/s1. The average Bonchev–Trinajstić information content (AvgIpc) is 4.21. The van der Waals surface area contributed by atoms with Crippen molar-refractivity contribution in [2.24, 2.45) is 0 Å². The molecule has 0 bridgehead atoms. The Morgan fingerprint density at radius 1 is 0.310 bits per heavy atom. The highest BCUT2D eigenvalue weighted by atomic mass is 32.2. The average molecular weight is 919 g/mol. The minimum absolute atomic E-state index is 0.448. The first-order valence-electron chi connectivity index (χ1n) is 24.5. The lowest BCUT2D eigenvalue weighted by Gasteiger charge is -2.40. The summed E-state index contributed by atoms with van der Waals surface area (Å²) in [5.74, 6) is 0. The molecule has 2 spiro atoms. The van der Waals surface area contributed by atoms with E-state index in [9.17, 15) is 0 Å². The number of hydrogen-bond donors (Lipinski definition) is 0. The molecule has 5 heteroatoms. The molecule has 0 N–H and O–H groups in total. The van der Waals surface area contributed by atoms with Crippen molar-refractivity contribution >= 4 is 55.4 Å². The van der Waals surface area contributed by atoms with Crippen LogP contribution in [0.2, 0.25) is 0 Å². The molecule has 4 aliphatic rings. The van der Waals surface area contributed by atoms with Crippen molar-refractivity contribution in [2.45, 2.75) is 20.6 Å². The van der Waals surface area contributed by atoms with Gasteiger partial charge in [0.25, 0.3) is 0 Å². The lowest BCUT2D eigenvalue weighted by Crippen LogP contribution is -2.33. The summed E-state index contributed by atoms with van der Waals surface area (Å²) < 4.78 is 4.87. The Morgan fingerprint density at radius 3 is 1.51 bits per heavy atom. The van der Waals surface area contributed by atoms with Gasteiger partial charge in [-0.3, -0.25) is 9.97 Å². The third-order valence-corrected chi connectivity index (χ3v) is 17.6. The number of pyridine rings is 2. The predicted molar refractivity (Wildman–Crippen MR) is 288 cm³/mol. The Kier molecular flexibility index (Phi) is 7.25. The van der Waals surface area contributed by atoms with E-state index in [0.29, 0.717) is 0 Å². The van der Waals surface area contributed by atoms with E-state index in [1.54, 1.807) is 0 Å². The van der Waals surface area contributed by atoms with Crippen LogP contribution in [0.4, 0.5) is 0 Å². The SMILES string of the molecule is c1ccc(-n2c3ccccc3c3cc4c(cc32)c2ccccc2n4-c2cnc3c(c2)[C@@]2(c4ccccc4Sc4cc5c(cc42)-c2ccccc2C52c4ccccc4-c4ccccc42)c2cccnc2-3)cc1. The number of fused-ring (bicyclic) bond motifs is 25. The van der Waals surface area contributed by atoms with Crippen LogP contribution in [0.5, 0.6) is 0 Å². The summed E-state index contributed by atoms with van der Waals surface area (Å²) in [4.78, 5) is 13.3.